The second kappa shape index (κ2) is 5.35. The van der Waals surface area contributed by atoms with Crippen molar-refractivity contribution in [3.8, 4) is 11.5 Å². The fourth-order valence-corrected chi connectivity index (χ4v) is 4.26. The Morgan fingerprint density at radius 3 is 2.42 bits per heavy atom. The first-order valence-electron chi connectivity index (χ1n) is 7.06. The maximum atomic E-state index is 5.37. The molecular weight excluding hydrogens is 304 g/mol. The van der Waals surface area contributed by atoms with Gasteiger partial charge in [-0.1, -0.05) is 22.0 Å². The van der Waals surface area contributed by atoms with Crippen molar-refractivity contribution in [2.24, 2.45) is 17.8 Å². The molecule has 19 heavy (non-hydrogen) atoms. The van der Waals surface area contributed by atoms with Crippen molar-refractivity contribution in [2.45, 2.75) is 30.5 Å². The number of halogens is 1. The highest BCUT2D eigenvalue weighted by atomic mass is 79.9. The summed E-state index contributed by atoms with van der Waals surface area (Å²) < 4.78 is 10.6. The molecule has 3 unspecified atom stereocenters. The van der Waals surface area contributed by atoms with E-state index in [-0.39, 0.29) is 0 Å². The standard InChI is InChI=1S/C16H21BrO2/c1-18-15-4-3-10(6-16(15)19-2)5-14(17)13-8-11-7-12(11)9-13/h3-4,6,11-14H,5,7-9H2,1-2H3. The van der Waals surface area contributed by atoms with E-state index in [0.717, 1.165) is 35.7 Å². The van der Waals surface area contributed by atoms with Crippen LogP contribution in [0.4, 0.5) is 0 Å². The molecule has 0 heterocycles. The number of hydrogen-bond donors (Lipinski definition) is 0. The van der Waals surface area contributed by atoms with E-state index in [0.29, 0.717) is 4.83 Å². The topological polar surface area (TPSA) is 18.5 Å². The summed E-state index contributed by atoms with van der Waals surface area (Å²) in [4.78, 5) is 0.596. The van der Waals surface area contributed by atoms with Gasteiger partial charge in [0.25, 0.3) is 0 Å². The molecule has 0 radical (unpaired) electrons. The molecule has 1 aromatic carbocycles. The van der Waals surface area contributed by atoms with Crippen LogP contribution < -0.4 is 9.47 Å². The van der Waals surface area contributed by atoms with Crippen LogP contribution in [0.3, 0.4) is 0 Å². The maximum absolute atomic E-state index is 5.37. The number of rotatable bonds is 5. The molecular formula is C16H21BrO2. The second-order valence-corrected chi connectivity index (χ2v) is 7.07. The Labute approximate surface area is 123 Å². The van der Waals surface area contributed by atoms with Crippen molar-refractivity contribution in [3.05, 3.63) is 23.8 Å². The van der Waals surface area contributed by atoms with Gasteiger partial charge in [-0.25, -0.2) is 0 Å². The summed E-state index contributed by atoms with van der Waals surface area (Å²) >= 11 is 3.90. The Morgan fingerprint density at radius 1 is 1.11 bits per heavy atom. The molecule has 2 aliphatic rings. The molecule has 3 heteroatoms. The quantitative estimate of drug-likeness (QED) is 0.760. The normalized spacial score (nSPS) is 29.7. The van der Waals surface area contributed by atoms with Gasteiger partial charge in [0.15, 0.2) is 11.5 Å². The predicted octanol–water partition coefficient (Wildman–Crippen LogP) is 4.06. The monoisotopic (exact) mass is 324 g/mol. The van der Waals surface area contributed by atoms with Crippen LogP contribution in [0.25, 0.3) is 0 Å². The fourth-order valence-electron chi connectivity index (χ4n) is 3.46. The van der Waals surface area contributed by atoms with Crippen LogP contribution in [0.1, 0.15) is 24.8 Å². The number of methoxy groups -OCH3 is 2. The SMILES string of the molecule is COc1ccc(CC(Br)C2CC3CC3C2)cc1OC. The van der Waals surface area contributed by atoms with E-state index >= 15 is 0 Å². The molecule has 2 nitrogen and oxygen atoms in total. The molecule has 2 saturated carbocycles. The summed E-state index contributed by atoms with van der Waals surface area (Å²) in [7, 11) is 3.37. The maximum Gasteiger partial charge on any atom is 0.160 e. The number of alkyl halides is 1. The highest BCUT2D eigenvalue weighted by Gasteiger charge is 2.47. The van der Waals surface area contributed by atoms with E-state index in [4.69, 9.17) is 9.47 Å². The van der Waals surface area contributed by atoms with Crippen molar-refractivity contribution in [1.29, 1.82) is 0 Å². The van der Waals surface area contributed by atoms with Gasteiger partial charge >= 0.3 is 0 Å². The Morgan fingerprint density at radius 2 is 1.79 bits per heavy atom. The van der Waals surface area contributed by atoms with Gasteiger partial charge in [0.05, 0.1) is 14.2 Å². The Bertz CT molecular complexity index is 450. The molecule has 3 atom stereocenters. The lowest BCUT2D eigenvalue weighted by atomic mass is 9.95. The lowest BCUT2D eigenvalue weighted by molar-refractivity contribution is 0.354. The molecule has 0 saturated heterocycles. The Hall–Kier alpha value is -0.700. The van der Waals surface area contributed by atoms with Crippen LogP contribution in [0.15, 0.2) is 18.2 Å². The van der Waals surface area contributed by atoms with E-state index in [1.165, 1.54) is 24.8 Å². The van der Waals surface area contributed by atoms with E-state index in [1.54, 1.807) is 14.2 Å². The largest absolute Gasteiger partial charge is 0.493 e. The van der Waals surface area contributed by atoms with Crippen LogP contribution in [-0.2, 0) is 6.42 Å². The van der Waals surface area contributed by atoms with Crippen molar-refractivity contribution >= 4 is 15.9 Å². The van der Waals surface area contributed by atoms with Gasteiger partial charge in [-0.15, -0.1) is 0 Å². The van der Waals surface area contributed by atoms with Gasteiger partial charge < -0.3 is 9.47 Å². The fraction of sp³-hybridized carbons (Fsp3) is 0.625. The minimum Gasteiger partial charge on any atom is -0.493 e. The van der Waals surface area contributed by atoms with Gasteiger partial charge in [0.2, 0.25) is 0 Å². The molecule has 0 aliphatic heterocycles. The number of fused-ring (bicyclic) bond motifs is 1. The lowest BCUT2D eigenvalue weighted by Gasteiger charge is -2.19. The zero-order valence-electron chi connectivity index (χ0n) is 11.6. The molecule has 0 bridgehead atoms. The number of benzene rings is 1. The Kier molecular flexibility index (Phi) is 3.75. The third kappa shape index (κ3) is 2.76. The van der Waals surface area contributed by atoms with E-state index in [2.05, 4.69) is 28.1 Å². The number of ether oxygens (including phenoxy) is 2. The minimum atomic E-state index is 0.596. The molecule has 0 spiro atoms. The van der Waals surface area contributed by atoms with E-state index in [1.807, 2.05) is 6.07 Å². The molecule has 0 aromatic heterocycles. The third-order valence-corrected chi connectivity index (χ3v) is 5.74. The highest BCUT2D eigenvalue weighted by molar-refractivity contribution is 9.09. The molecule has 2 aliphatic carbocycles. The smallest absolute Gasteiger partial charge is 0.160 e. The van der Waals surface area contributed by atoms with Crippen molar-refractivity contribution in [1.82, 2.24) is 0 Å². The third-order valence-electron chi connectivity index (χ3n) is 4.67. The molecule has 3 rings (SSSR count). The van der Waals surface area contributed by atoms with Gasteiger partial charge in [-0.3, -0.25) is 0 Å². The summed E-state index contributed by atoms with van der Waals surface area (Å²) in [5.74, 6) is 4.59. The first-order chi connectivity index (χ1) is 9.21. The summed E-state index contributed by atoms with van der Waals surface area (Å²) in [5.41, 5.74) is 1.32. The number of hydrogen-bond acceptors (Lipinski definition) is 2. The average Bonchev–Trinajstić information content (AvgIpc) is 3.04. The van der Waals surface area contributed by atoms with Crippen LogP contribution in [0.2, 0.25) is 0 Å². The lowest BCUT2D eigenvalue weighted by Crippen LogP contribution is -2.15. The van der Waals surface area contributed by atoms with Crippen molar-refractivity contribution < 1.29 is 9.47 Å². The first kappa shape index (κ1) is 13.3. The summed E-state index contributed by atoms with van der Waals surface area (Å²) in [6, 6.07) is 6.24. The highest BCUT2D eigenvalue weighted by Crippen LogP contribution is 2.56. The Balaban J connectivity index is 1.65. The zero-order chi connectivity index (χ0) is 13.4. The van der Waals surface area contributed by atoms with Crippen molar-refractivity contribution in [2.75, 3.05) is 14.2 Å². The minimum absolute atomic E-state index is 0.596. The predicted molar refractivity (Wildman–Crippen MR) is 80.3 cm³/mol. The first-order valence-corrected chi connectivity index (χ1v) is 7.97. The summed E-state index contributed by atoms with van der Waals surface area (Å²) in [6.07, 6.45) is 5.42. The van der Waals surface area contributed by atoms with Crippen LogP contribution in [-0.4, -0.2) is 19.0 Å². The molecule has 0 amide bonds. The molecule has 1 aromatic rings. The summed E-state index contributed by atoms with van der Waals surface area (Å²) in [5, 5.41) is 0. The average molecular weight is 325 g/mol. The van der Waals surface area contributed by atoms with Gasteiger partial charge in [-0.2, -0.15) is 0 Å². The van der Waals surface area contributed by atoms with Gasteiger partial charge in [0.1, 0.15) is 0 Å². The molecule has 104 valence electrons. The van der Waals surface area contributed by atoms with Crippen molar-refractivity contribution in [3.63, 3.8) is 0 Å². The summed E-state index contributed by atoms with van der Waals surface area (Å²) in [6.45, 7) is 0. The van der Waals surface area contributed by atoms with E-state index in [9.17, 15) is 0 Å². The molecule has 0 N–H and O–H groups in total. The zero-order valence-corrected chi connectivity index (χ0v) is 13.2. The van der Waals surface area contributed by atoms with E-state index < -0.39 is 0 Å². The van der Waals surface area contributed by atoms with Gasteiger partial charge in [0, 0.05) is 4.83 Å². The van der Waals surface area contributed by atoms with Crippen LogP contribution in [0, 0.1) is 17.8 Å². The van der Waals surface area contributed by atoms with Crippen LogP contribution in [0.5, 0.6) is 11.5 Å². The molecule has 2 fully saturated rings. The van der Waals surface area contributed by atoms with Crippen LogP contribution >= 0.6 is 15.9 Å². The van der Waals surface area contributed by atoms with Gasteiger partial charge in [-0.05, 0) is 61.1 Å². The second-order valence-electron chi connectivity index (χ2n) is 5.90.